The van der Waals surface area contributed by atoms with Crippen molar-refractivity contribution < 1.29 is 16.8 Å². The van der Waals surface area contributed by atoms with Crippen molar-refractivity contribution in [1.82, 2.24) is 9.03 Å². The number of rotatable bonds is 9. The number of benzene rings is 1. The van der Waals surface area contributed by atoms with Gasteiger partial charge in [0.1, 0.15) is 0 Å². The molecule has 1 aliphatic rings. The number of piperidine rings is 1. The van der Waals surface area contributed by atoms with Gasteiger partial charge in [0, 0.05) is 19.1 Å². The van der Waals surface area contributed by atoms with E-state index in [0.717, 1.165) is 31.2 Å². The molecule has 1 atom stereocenters. The van der Waals surface area contributed by atoms with E-state index in [0.29, 0.717) is 24.3 Å². The van der Waals surface area contributed by atoms with Crippen LogP contribution < -0.4 is 4.72 Å². The van der Waals surface area contributed by atoms with Gasteiger partial charge in [-0.1, -0.05) is 37.5 Å². The van der Waals surface area contributed by atoms with E-state index in [1.165, 1.54) is 0 Å². The summed E-state index contributed by atoms with van der Waals surface area (Å²) in [5, 5.41) is 0. The van der Waals surface area contributed by atoms with Crippen LogP contribution in [-0.2, 0) is 20.0 Å². The van der Waals surface area contributed by atoms with E-state index in [1.54, 1.807) is 28.6 Å². The molecule has 1 N–H and O–H groups in total. The molecule has 0 bridgehead atoms. The minimum absolute atomic E-state index is 0.125. The molecule has 1 saturated heterocycles. The Labute approximate surface area is 158 Å². The van der Waals surface area contributed by atoms with Crippen molar-refractivity contribution in [1.29, 1.82) is 0 Å². The van der Waals surface area contributed by atoms with Gasteiger partial charge in [-0.3, -0.25) is 0 Å². The van der Waals surface area contributed by atoms with E-state index in [1.807, 2.05) is 13.8 Å². The second kappa shape index (κ2) is 9.30. The largest absolute Gasteiger partial charge is 0.243 e. The molecule has 1 heterocycles. The maximum absolute atomic E-state index is 13.0. The molecule has 0 aliphatic carbocycles. The van der Waals surface area contributed by atoms with Crippen molar-refractivity contribution in [3.05, 3.63) is 29.8 Å². The topological polar surface area (TPSA) is 83.6 Å². The van der Waals surface area contributed by atoms with Crippen LogP contribution in [-0.4, -0.2) is 46.0 Å². The molecule has 0 radical (unpaired) electrons. The number of nitrogens with one attached hydrogen (secondary N) is 1. The Hall–Kier alpha value is -0.960. The van der Waals surface area contributed by atoms with Crippen LogP contribution >= 0.6 is 0 Å². The summed E-state index contributed by atoms with van der Waals surface area (Å²) in [6, 6.07) is 6.72. The van der Waals surface area contributed by atoms with Gasteiger partial charge >= 0.3 is 0 Å². The number of hydrogen-bond acceptors (Lipinski definition) is 4. The molecule has 0 amide bonds. The Kier molecular flexibility index (Phi) is 7.63. The third-order valence-electron chi connectivity index (χ3n) is 4.77. The van der Waals surface area contributed by atoms with Gasteiger partial charge in [-0.2, -0.15) is 4.31 Å². The van der Waals surface area contributed by atoms with Gasteiger partial charge < -0.3 is 0 Å². The Bertz CT molecular complexity index is 774. The molecule has 148 valence electrons. The number of hydrogen-bond donors (Lipinski definition) is 1. The standard InChI is InChI=1S/C18H30N2O4S2/c1-3-4-15-25(21,22)19-13-12-17-7-5-6-14-20(17)26(23,24)18-10-8-16(2)9-11-18/h8-11,17,19H,3-7,12-15H2,1-2H3. The highest BCUT2D eigenvalue weighted by Crippen LogP contribution is 2.27. The van der Waals surface area contributed by atoms with Crippen LogP contribution in [0.25, 0.3) is 0 Å². The maximum Gasteiger partial charge on any atom is 0.243 e. The first-order valence-corrected chi connectivity index (χ1v) is 12.4. The predicted octanol–water partition coefficient (Wildman–Crippen LogP) is 2.65. The second-order valence-corrected chi connectivity index (χ2v) is 10.8. The zero-order valence-corrected chi connectivity index (χ0v) is 17.3. The number of aryl methyl sites for hydroxylation is 1. The number of unbranched alkanes of at least 4 members (excludes halogenated alkanes) is 1. The Morgan fingerprint density at radius 3 is 2.46 bits per heavy atom. The lowest BCUT2D eigenvalue weighted by molar-refractivity contribution is 0.242. The van der Waals surface area contributed by atoms with Crippen LogP contribution in [0.1, 0.15) is 51.0 Å². The summed E-state index contributed by atoms with van der Waals surface area (Å²) in [6.07, 6.45) is 4.52. The van der Waals surface area contributed by atoms with Crippen LogP contribution in [0.4, 0.5) is 0 Å². The van der Waals surface area contributed by atoms with Crippen LogP contribution in [0.3, 0.4) is 0 Å². The molecule has 1 fully saturated rings. The summed E-state index contributed by atoms with van der Waals surface area (Å²) < 4.78 is 54.0. The minimum Gasteiger partial charge on any atom is -0.215 e. The Morgan fingerprint density at radius 1 is 1.12 bits per heavy atom. The second-order valence-electron chi connectivity index (χ2n) is 6.93. The Balaban J connectivity index is 2.04. The molecule has 0 saturated carbocycles. The molecular formula is C18H30N2O4S2. The van der Waals surface area contributed by atoms with Gasteiger partial charge in [-0.25, -0.2) is 21.6 Å². The summed E-state index contributed by atoms with van der Waals surface area (Å²) in [5.74, 6) is 0.125. The third-order valence-corrected chi connectivity index (χ3v) is 8.20. The molecule has 1 aromatic carbocycles. The molecule has 2 rings (SSSR count). The molecular weight excluding hydrogens is 372 g/mol. The fourth-order valence-electron chi connectivity index (χ4n) is 3.21. The molecule has 1 aromatic rings. The smallest absolute Gasteiger partial charge is 0.215 e. The van der Waals surface area contributed by atoms with E-state index in [4.69, 9.17) is 0 Å². The lowest BCUT2D eigenvalue weighted by Gasteiger charge is -2.34. The van der Waals surface area contributed by atoms with Gasteiger partial charge in [0.15, 0.2) is 0 Å². The van der Waals surface area contributed by atoms with E-state index >= 15 is 0 Å². The van der Waals surface area contributed by atoms with Gasteiger partial charge in [0.05, 0.1) is 10.6 Å². The van der Waals surface area contributed by atoms with Gasteiger partial charge in [-0.05, 0) is 44.7 Å². The van der Waals surface area contributed by atoms with E-state index in [-0.39, 0.29) is 18.3 Å². The zero-order valence-electron chi connectivity index (χ0n) is 15.6. The molecule has 0 spiro atoms. The minimum atomic E-state index is -3.55. The predicted molar refractivity (Wildman–Crippen MR) is 104 cm³/mol. The fraction of sp³-hybridized carbons (Fsp3) is 0.667. The van der Waals surface area contributed by atoms with Crippen molar-refractivity contribution in [2.75, 3.05) is 18.8 Å². The first kappa shape index (κ1) is 21.3. The lowest BCUT2D eigenvalue weighted by Crippen LogP contribution is -2.45. The van der Waals surface area contributed by atoms with Crippen LogP contribution in [0.15, 0.2) is 29.2 Å². The third kappa shape index (κ3) is 5.77. The number of sulfonamides is 2. The van der Waals surface area contributed by atoms with E-state index < -0.39 is 20.0 Å². The van der Waals surface area contributed by atoms with Crippen molar-refractivity contribution in [2.45, 2.75) is 63.3 Å². The fourth-order valence-corrected chi connectivity index (χ4v) is 6.18. The average Bonchev–Trinajstić information content (AvgIpc) is 2.60. The molecule has 6 nitrogen and oxygen atoms in total. The summed E-state index contributed by atoms with van der Waals surface area (Å²) in [6.45, 7) is 4.64. The highest BCUT2D eigenvalue weighted by atomic mass is 32.2. The monoisotopic (exact) mass is 402 g/mol. The summed E-state index contributed by atoms with van der Waals surface area (Å²) >= 11 is 0. The zero-order chi connectivity index (χ0) is 19.2. The van der Waals surface area contributed by atoms with Crippen LogP contribution in [0.2, 0.25) is 0 Å². The van der Waals surface area contributed by atoms with Crippen LogP contribution in [0.5, 0.6) is 0 Å². The quantitative estimate of drug-likeness (QED) is 0.688. The van der Waals surface area contributed by atoms with Crippen molar-refractivity contribution in [3.63, 3.8) is 0 Å². The summed E-state index contributed by atoms with van der Waals surface area (Å²) in [4.78, 5) is 0.304. The maximum atomic E-state index is 13.0. The van der Waals surface area contributed by atoms with Crippen molar-refractivity contribution >= 4 is 20.0 Å². The van der Waals surface area contributed by atoms with Crippen LogP contribution in [0, 0.1) is 6.92 Å². The molecule has 8 heteroatoms. The Morgan fingerprint density at radius 2 is 1.81 bits per heavy atom. The normalized spacial score (nSPS) is 19.5. The SMILES string of the molecule is CCCCS(=O)(=O)NCCC1CCCCN1S(=O)(=O)c1ccc(C)cc1. The van der Waals surface area contributed by atoms with Gasteiger partial charge in [-0.15, -0.1) is 0 Å². The van der Waals surface area contributed by atoms with Crippen molar-refractivity contribution in [2.24, 2.45) is 0 Å². The average molecular weight is 403 g/mol. The molecule has 26 heavy (non-hydrogen) atoms. The van der Waals surface area contributed by atoms with E-state index in [2.05, 4.69) is 4.72 Å². The molecule has 1 aliphatic heterocycles. The van der Waals surface area contributed by atoms with Gasteiger partial charge in [0.2, 0.25) is 20.0 Å². The van der Waals surface area contributed by atoms with Crippen molar-refractivity contribution in [3.8, 4) is 0 Å². The summed E-state index contributed by atoms with van der Waals surface area (Å²) in [5.41, 5.74) is 1.01. The van der Waals surface area contributed by atoms with Gasteiger partial charge in [0.25, 0.3) is 0 Å². The first-order valence-electron chi connectivity index (χ1n) is 9.32. The number of nitrogens with zero attached hydrogens (tertiary/aromatic N) is 1. The molecule has 1 unspecified atom stereocenters. The summed E-state index contributed by atoms with van der Waals surface area (Å²) in [7, 11) is -6.82. The first-order chi connectivity index (χ1) is 12.3. The highest BCUT2D eigenvalue weighted by Gasteiger charge is 2.33. The molecule has 0 aromatic heterocycles. The van der Waals surface area contributed by atoms with E-state index in [9.17, 15) is 16.8 Å². The highest BCUT2D eigenvalue weighted by molar-refractivity contribution is 7.89. The lowest BCUT2D eigenvalue weighted by atomic mass is 10.0.